The highest BCUT2D eigenvalue weighted by Gasteiger charge is 2.40. The van der Waals surface area contributed by atoms with Crippen LogP contribution in [0.15, 0.2) is 0 Å². The molecule has 0 N–H and O–H groups in total. The second-order valence-electron chi connectivity index (χ2n) is 10.9. The molecule has 0 fully saturated rings. The van der Waals surface area contributed by atoms with Gasteiger partial charge in [-0.3, -0.25) is 0 Å². The molecule has 0 rings (SSSR count). The van der Waals surface area contributed by atoms with Crippen molar-refractivity contribution in [3.63, 3.8) is 0 Å². The molecule has 0 heterocycles. The van der Waals surface area contributed by atoms with E-state index in [1.165, 1.54) is 12.8 Å². The van der Waals surface area contributed by atoms with Crippen LogP contribution in [0.3, 0.4) is 0 Å². The maximum atomic E-state index is 2.39. The Morgan fingerprint density at radius 3 is 0.833 bits per heavy atom. The lowest BCUT2D eigenvalue weighted by atomic mass is 9.59. The summed E-state index contributed by atoms with van der Waals surface area (Å²) in [4.78, 5) is 0. The zero-order valence-corrected chi connectivity index (χ0v) is 19.9. The van der Waals surface area contributed by atoms with Gasteiger partial charge in [-0.15, -0.1) is 0 Å². The quantitative estimate of drug-likeness (QED) is 0.414. The first kappa shape index (κ1) is 26.2. The van der Waals surface area contributed by atoms with Crippen molar-refractivity contribution >= 4 is 0 Å². The fourth-order valence-corrected chi connectivity index (χ4v) is 4.70. The van der Waals surface area contributed by atoms with Gasteiger partial charge in [-0.2, -0.15) is 0 Å². The molecule has 0 bridgehead atoms. The van der Waals surface area contributed by atoms with Gasteiger partial charge in [-0.05, 0) is 59.2 Å². The summed E-state index contributed by atoms with van der Waals surface area (Å²) in [6.45, 7) is 33.0. The third kappa shape index (κ3) is 8.39. The summed E-state index contributed by atoms with van der Waals surface area (Å²) in [6, 6.07) is 0. The minimum Gasteiger partial charge on any atom is -0.0628 e. The average Bonchev–Trinajstić information content (AvgIpc) is 2.33. The van der Waals surface area contributed by atoms with Crippen molar-refractivity contribution in [1.82, 2.24) is 0 Å². The van der Waals surface area contributed by atoms with E-state index in [2.05, 4.69) is 96.9 Å². The van der Waals surface area contributed by atoms with Crippen molar-refractivity contribution < 1.29 is 0 Å². The smallest absolute Gasteiger partial charge is 0.0226 e. The second kappa shape index (κ2) is 10.9. The first-order valence-corrected chi connectivity index (χ1v) is 10.6. The van der Waals surface area contributed by atoms with Crippen LogP contribution in [0.2, 0.25) is 0 Å². The van der Waals surface area contributed by atoms with E-state index < -0.39 is 0 Å². The van der Waals surface area contributed by atoms with Gasteiger partial charge in [-0.25, -0.2) is 0 Å². The molecule has 24 heavy (non-hydrogen) atoms. The van der Waals surface area contributed by atoms with E-state index in [1.54, 1.807) is 0 Å². The summed E-state index contributed by atoms with van der Waals surface area (Å²) in [5.41, 5.74) is 1.04. The highest BCUT2D eigenvalue weighted by molar-refractivity contribution is 4.88. The molecule has 0 aliphatic rings. The van der Waals surface area contributed by atoms with Crippen LogP contribution in [0.1, 0.15) is 110 Å². The van der Waals surface area contributed by atoms with E-state index >= 15 is 0 Å². The molecule has 0 heteroatoms. The van der Waals surface area contributed by atoms with E-state index in [1.807, 2.05) is 0 Å². The summed E-state index contributed by atoms with van der Waals surface area (Å²) >= 11 is 0. The molecule has 0 spiro atoms. The maximum absolute atomic E-state index is 2.39. The van der Waals surface area contributed by atoms with Crippen LogP contribution in [-0.4, -0.2) is 0 Å². The van der Waals surface area contributed by atoms with Crippen LogP contribution in [0.4, 0.5) is 0 Å². The molecule has 0 aromatic heterocycles. The average molecular weight is 341 g/mol. The molecule has 0 saturated heterocycles. The third-order valence-corrected chi connectivity index (χ3v) is 6.48. The molecule has 0 aromatic carbocycles. The molecule has 0 atom stereocenters. The predicted octanol–water partition coefficient (Wildman–Crippen LogP) is 8.70. The van der Waals surface area contributed by atoms with Gasteiger partial charge in [-0.1, -0.05) is 96.9 Å². The highest BCUT2D eigenvalue weighted by Crippen LogP contribution is 2.47. The zero-order valence-electron chi connectivity index (χ0n) is 19.9. The summed E-state index contributed by atoms with van der Waals surface area (Å²) in [7, 11) is 0. The Balaban J connectivity index is 0. The predicted molar refractivity (Wildman–Crippen MR) is 114 cm³/mol. The molecule has 0 radical (unpaired) electrons. The Hall–Kier alpha value is 0. The lowest BCUT2D eigenvalue weighted by Crippen LogP contribution is -2.39. The normalized spacial score (nSPS) is 13.5. The van der Waals surface area contributed by atoms with Crippen molar-refractivity contribution in [2.45, 2.75) is 110 Å². The zero-order chi connectivity index (χ0) is 19.9. The monoisotopic (exact) mass is 340 g/mol. The highest BCUT2D eigenvalue weighted by atomic mass is 14.4. The molecule has 0 nitrogen and oxygen atoms in total. The topological polar surface area (TPSA) is 0 Å². The Morgan fingerprint density at radius 1 is 0.458 bits per heavy atom. The van der Waals surface area contributed by atoms with Gasteiger partial charge in [0.1, 0.15) is 0 Å². The van der Waals surface area contributed by atoms with Crippen LogP contribution in [0.25, 0.3) is 0 Å². The summed E-state index contributed by atoms with van der Waals surface area (Å²) in [6.07, 6.45) is 2.70. The number of hydrogen-bond acceptors (Lipinski definition) is 0. The van der Waals surface area contributed by atoms with Gasteiger partial charge in [0.2, 0.25) is 0 Å². The summed E-state index contributed by atoms with van der Waals surface area (Å²) < 4.78 is 0. The van der Waals surface area contributed by atoms with Crippen molar-refractivity contribution in [2.24, 2.45) is 46.3 Å². The lowest BCUT2D eigenvalue weighted by molar-refractivity contribution is 0.0246. The Morgan fingerprint density at radius 2 is 0.750 bits per heavy atom. The van der Waals surface area contributed by atoms with Crippen LogP contribution in [-0.2, 0) is 0 Å². The SMILES string of the molecule is CC(C)CC(C(C)C)(C(C)C)C(C)C.CC(C)CC(C)(C)C(C)C. The fraction of sp³-hybridized carbons (Fsp3) is 1.00. The van der Waals surface area contributed by atoms with E-state index in [0.717, 1.165) is 35.5 Å². The van der Waals surface area contributed by atoms with Crippen LogP contribution in [0.5, 0.6) is 0 Å². The number of rotatable bonds is 8. The fourth-order valence-electron chi connectivity index (χ4n) is 4.70. The van der Waals surface area contributed by atoms with E-state index in [0.29, 0.717) is 10.8 Å². The molecular weight excluding hydrogens is 288 g/mol. The van der Waals surface area contributed by atoms with Crippen LogP contribution in [0, 0.1) is 46.3 Å². The summed E-state index contributed by atoms with van der Waals surface area (Å²) in [5.74, 6) is 4.79. The standard InChI is InChI=1S/C14H30.C10H22/c1-10(2)9-14(11(3)4,12(5)6)13(7)8;1-8(2)7-10(5,6)9(3)4/h10-13H,9H2,1-8H3;8-9H,7H2,1-6H3. The molecule has 0 unspecified atom stereocenters. The minimum absolute atomic E-state index is 0.522. The van der Waals surface area contributed by atoms with Crippen molar-refractivity contribution in [3.05, 3.63) is 0 Å². The van der Waals surface area contributed by atoms with Gasteiger partial charge < -0.3 is 0 Å². The van der Waals surface area contributed by atoms with E-state index in [-0.39, 0.29) is 0 Å². The van der Waals surface area contributed by atoms with Gasteiger partial charge in [0.25, 0.3) is 0 Å². The largest absolute Gasteiger partial charge is 0.0628 e. The van der Waals surface area contributed by atoms with Crippen molar-refractivity contribution in [2.75, 3.05) is 0 Å². The second-order valence-corrected chi connectivity index (χ2v) is 10.9. The Kier molecular flexibility index (Phi) is 11.9. The molecule has 148 valence electrons. The number of hydrogen-bond donors (Lipinski definition) is 0. The molecule has 0 aliphatic carbocycles. The third-order valence-electron chi connectivity index (χ3n) is 6.48. The van der Waals surface area contributed by atoms with E-state index in [4.69, 9.17) is 0 Å². The Labute approximate surface area is 156 Å². The first-order valence-electron chi connectivity index (χ1n) is 10.6. The van der Waals surface area contributed by atoms with Gasteiger partial charge in [0.05, 0.1) is 0 Å². The van der Waals surface area contributed by atoms with Crippen molar-refractivity contribution in [1.29, 1.82) is 0 Å². The van der Waals surface area contributed by atoms with Crippen molar-refractivity contribution in [3.8, 4) is 0 Å². The maximum Gasteiger partial charge on any atom is -0.0226 e. The molecule has 0 saturated carbocycles. The molecule has 0 amide bonds. The van der Waals surface area contributed by atoms with Gasteiger partial charge >= 0.3 is 0 Å². The molecule has 0 aromatic rings. The van der Waals surface area contributed by atoms with Crippen LogP contribution < -0.4 is 0 Å². The lowest BCUT2D eigenvalue weighted by Gasteiger charge is -2.46. The minimum atomic E-state index is 0.522. The Bertz CT molecular complexity index is 280. The van der Waals surface area contributed by atoms with Crippen LogP contribution >= 0.6 is 0 Å². The summed E-state index contributed by atoms with van der Waals surface area (Å²) in [5, 5.41) is 0. The van der Waals surface area contributed by atoms with E-state index in [9.17, 15) is 0 Å². The van der Waals surface area contributed by atoms with Gasteiger partial charge in [0.15, 0.2) is 0 Å². The molecule has 0 aliphatic heterocycles. The molecular formula is C24H52. The first-order chi connectivity index (χ1) is 10.6. The van der Waals surface area contributed by atoms with Gasteiger partial charge in [0, 0.05) is 0 Å².